The SMILES string of the molecule is C=C/C(C)=C1C(=O)NC(c2cc(/C(=C/C(=S)/C=C/c3ccc(C#N)c(C(F)(F)F)c3)C(C)(C)C(C)=O)ccc2OCC)=C=C\C=C/1CC(=C)CCC. The second kappa shape index (κ2) is 17.8. The molecule has 0 aliphatic carbocycles. The molecule has 1 heterocycles. The highest BCUT2D eigenvalue weighted by atomic mass is 32.1. The maximum absolute atomic E-state index is 13.9. The molecule has 9 heteroatoms. The summed E-state index contributed by atoms with van der Waals surface area (Å²) in [6.07, 6.45) is 7.34. The van der Waals surface area contributed by atoms with Crippen LogP contribution in [0.1, 0.15) is 88.6 Å². The van der Waals surface area contributed by atoms with E-state index in [9.17, 15) is 22.8 Å². The van der Waals surface area contributed by atoms with Gasteiger partial charge in [0.05, 0.1) is 29.5 Å². The molecule has 2 aromatic carbocycles. The van der Waals surface area contributed by atoms with E-state index in [1.54, 1.807) is 56.3 Å². The number of carbonyl (C=O) groups excluding carboxylic acids is 2. The number of allylic oxidation sites excluding steroid dienone is 8. The second-order valence-corrected chi connectivity index (χ2v) is 13.3. The fraction of sp³-hybridized carbons (Fsp3) is 0.279. The zero-order chi connectivity index (χ0) is 38.8. The van der Waals surface area contributed by atoms with E-state index in [1.165, 1.54) is 25.1 Å². The van der Waals surface area contributed by atoms with Crippen LogP contribution < -0.4 is 10.1 Å². The summed E-state index contributed by atoms with van der Waals surface area (Å²) >= 11 is 5.64. The average molecular weight is 725 g/mol. The molecule has 0 radical (unpaired) electrons. The van der Waals surface area contributed by atoms with E-state index in [0.29, 0.717) is 52.3 Å². The topological polar surface area (TPSA) is 79.2 Å². The molecule has 0 unspecified atom stereocenters. The van der Waals surface area contributed by atoms with Crippen molar-refractivity contribution >= 4 is 46.1 Å². The van der Waals surface area contributed by atoms with E-state index in [2.05, 4.69) is 31.1 Å². The number of nitriles is 1. The van der Waals surface area contributed by atoms with Crippen molar-refractivity contribution in [2.24, 2.45) is 5.41 Å². The van der Waals surface area contributed by atoms with Crippen LogP contribution in [-0.4, -0.2) is 23.2 Å². The minimum Gasteiger partial charge on any atom is -0.493 e. The number of thiocarbonyl (C=S) groups is 1. The molecule has 0 saturated heterocycles. The van der Waals surface area contributed by atoms with E-state index in [-0.39, 0.29) is 22.1 Å². The van der Waals surface area contributed by atoms with Crippen LogP contribution in [0.25, 0.3) is 17.3 Å². The van der Waals surface area contributed by atoms with Gasteiger partial charge in [0.25, 0.3) is 5.91 Å². The van der Waals surface area contributed by atoms with E-state index in [0.717, 1.165) is 36.1 Å². The molecule has 0 aromatic heterocycles. The minimum absolute atomic E-state index is 0.154. The van der Waals surface area contributed by atoms with Gasteiger partial charge in [-0.1, -0.05) is 80.4 Å². The summed E-state index contributed by atoms with van der Waals surface area (Å²) in [4.78, 5) is 27.2. The number of amides is 1. The van der Waals surface area contributed by atoms with Gasteiger partial charge in [-0.05, 0) is 118 Å². The Morgan fingerprint density at radius 2 is 1.85 bits per heavy atom. The van der Waals surface area contributed by atoms with Gasteiger partial charge < -0.3 is 10.1 Å². The van der Waals surface area contributed by atoms with Gasteiger partial charge in [-0.25, -0.2) is 0 Å². The molecule has 0 saturated carbocycles. The van der Waals surface area contributed by atoms with E-state index in [1.807, 2.05) is 19.9 Å². The third kappa shape index (κ3) is 10.2. The first-order valence-electron chi connectivity index (χ1n) is 16.8. The third-order valence-corrected chi connectivity index (χ3v) is 8.91. The molecular formula is C43H43F3N2O3S. The highest BCUT2D eigenvalue weighted by Crippen LogP contribution is 2.39. The molecule has 1 N–H and O–H groups in total. The number of alkyl halides is 3. The number of ketones is 1. The maximum atomic E-state index is 13.9. The highest BCUT2D eigenvalue weighted by molar-refractivity contribution is 7.81. The van der Waals surface area contributed by atoms with Crippen molar-refractivity contribution in [2.45, 2.75) is 67.0 Å². The summed E-state index contributed by atoms with van der Waals surface area (Å²) in [5.74, 6) is -0.0319. The van der Waals surface area contributed by atoms with E-state index < -0.39 is 22.7 Å². The van der Waals surface area contributed by atoms with Crippen molar-refractivity contribution in [2.75, 3.05) is 6.61 Å². The number of hydrogen-bond acceptors (Lipinski definition) is 5. The fourth-order valence-corrected chi connectivity index (χ4v) is 5.75. The zero-order valence-corrected chi connectivity index (χ0v) is 31.2. The predicted molar refractivity (Wildman–Crippen MR) is 207 cm³/mol. The normalized spacial score (nSPS) is 15.8. The first-order valence-corrected chi connectivity index (χ1v) is 17.2. The molecule has 3 rings (SSSR count). The maximum Gasteiger partial charge on any atom is 0.417 e. The molecule has 1 amide bonds. The van der Waals surface area contributed by atoms with Crippen LogP contribution >= 0.6 is 12.2 Å². The Bertz CT molecular complexity index is 2030. The van der Waals surface area contributed by atoms with Crippen LogP contribution in [0, 0.1) is 16.7 Å². The van der Waals surface area contributed by atoms with Gasteiger partial charge >= 0.3 is 6.18 Å². The molecular weight excluding hydrogens is 682 g/mol. The van der Waals surface area contributed by atoms with Gasteiger partial charge in [-0.15, -0.1) is 0 Å². The van der Waals surface area contributed by atoms with E-state index in [4.69, 9.17) is 22.2 Å². The van der Waals surface area contributed by atoms with Gasteiger partial charge in [-0.2, -0.15) is 18.4 Å². The Labute approximate surface area is 310 Å². The standard InChI is InChI=1S/C43H43F3N2O3S/c1-9-13-27(4)22-32-14-12-15-38(48-41(50)40(32)28(5)10-2)35-24-31(19-21-39(35)51-11-3)36(42(7,8)29(6)49)25-34(52)20-17-30-16-18-33(26-47)37(23-30)43(44,45)46/h10,12,14,16-21,23-25H,2,4,9,11,13,22H2,1,3,5-8H3,(H,48,50)/b20-17+,32-14-,36-25-,40-28+. The smallest absolute Gasteiger partial charge is 0.417 e. The molecule has 0 spiro atoms. The number of rotatable bonds is 14. The van der Waals surface area contributed by atoms with Crippen LogP contribution in [0.2, 0.25) is 0 Å². The van der Waals surface area contributed by atoms with Crippen LogP contribution in [0.15, 0.2) is 108 Å². The number of Topliss-reactive ketones (excluding diaryl/α,β-unsaturated/α-hetero) is 1. The first kappa shape index (κ1) is 41.1. The Morgan fingerprint density at radius 3 is 2.44 bits per heavy atom. The Hall–Kier alpha value is -5.29. The number of nitrogens with one attached hydrogen (secondary N) is 1. The number of ether oxygens (including phenoxy) is 1. The number of nitrogens with zero attached hydrogens (tertiary/aromatic N) is 1. The van der Waals surface area contributed by atoms with Crippen LogP contribution in [-0.2, 0) is 15.8 Å². The Morgan fingerprint density at radius 1 is 1.13 bits per heavy atom. The van der Waals surface area contributed by atoms with Gasteiger partial charge in [-0.3, -0.25) is 9.59 Å². The van der Waals surface area contributed by atoms with Crippen molar-refractivity contribution in [1.82, 2.24) is 5.32 Å². The molecule has 2 aromatic rings. The second-order valence-electron chi connectivity index (χ2n) is 12.8. The molecule has 0 fully saturated rings. The quantitative estimate of drug-likeness (QED) is 0.0908. The number of hydrogen-bond donors (Lipinski definition) is 1. The fourth-order valence-electron chi connectivity index (χ4n) is 5.56. The Kier molecular flexibility index (Phi) is 14.1. The minimum atomic E-state index is -4.70. The van der Waals surface area contributed by atoms with Crippen molar-refractivity contribution < 1.29 is 27.5 Å². The Balaban J connectivity index is 2.20. The predicted octanol–water partition coefficient (Wildman–Crippen LogP) is 10.9. The first-order chi connectivity index (χ1) is 24.5. The molecule has 0 atom stereocenters. The largest absolute Gasteiger partial charge is 0.493 e. The van der Waals surface area contributed by atoms with Gasteiger partial charge in [0.2, 0.25) is 0 Å². The van der Waals surface area contributed by atoms with Crippen molar-refractivity contribution in [3.63, 3.8) is 0 Å². The summed E-state index contributed by atoms with van der Waals surface area (Å²) < 4.78 is 46.6. The number of halogens is 3. The summed E-state index contributed by atoms with van der Waals surface area (Å²) in [5.41, 5.74) is 5.81. The van der Waals surface area contributed by atoms with Gasteiger partial charge in [0.1, 0.15) is 11.5 Å². The van der Waals surface area contributed by atoms with Crippen molar-refractivity contribution in [3.8, 4) is 11.8 Å². The summed E-state index contributed by atoms with van der Waals surface area (Å²) in [5, 5.41) is 12.2. The molecule has 1 aliphatic heterocycles. The van der Waals surface area contributed by atoms with Gasteiger partial charge in [0.15, 0.2) is 0 Å². The van der Waals surface area contributed by atoms with Crippen LogP contribution in [0.4, 0.5) is 13.2 Å². The molecule has 270 valence electrons. The summed E-state index contributed by atoms with van der Waals surface area (Å²) in [6, 6.07) is 10.3. The van der Waals surface area contributed by atoms with Crippen LogP contribution in [0.5, 0.6) is 5.75 Å². The molecule has 5 nitrogen and oxygen atoms in total. The lowest BCUT2D eigenvalue weighted by molar-refractivity contribution is -0.137. The van der Waals surface area contributed by atoms with E-state index >= 15 is 0 Å². The number of benzene rings is 2. The molecule has 52 heavy (non-hydrogen) atoms. The zero-order valence-electron chi connectivity index (χ0n) is 30.4. The molecule has 1 aliphatic rings. The average Bonchev–Trinajstić information content (AvgIpc) is 3.08. The number of carbonyl (C=O) groups is 2. The highest BCUT2D eigenvalue weighted by Gasteiger charge is 2.34. The summed E-state index contributed by atoms with van der Waals surface area (Å²) in [6.45, 7) is 19.1. The van der Waals surface area contributed by atoms with Gasteiger partial charge in [0, 0.05) is 21.4 Å². The third-order valence-electron chi connectivity index (χ3n) is 8.65. The van der Waals surface area contributed by atoms with Crippen molar-refractivity contribution in [3.05, 3.63) is 136 Å². The monoisotopic (exact) mass is 724 g/mol. The van der Waals surface area contributed by atoms with Crippen molar-refractivity contribution in [1.29, 1.82) is 5.26 Å². The lowest BCUT2D eigenvalue weighted by atomic mass is 9.76. The lowest BCUT2D eigenvalue weighted by Crippen LogP contribution is -2.26. The lowest BCUT2D eigenvalue weighted by Gasteiger charge is -2.27. The summed E-state index contributed by atoms with van der Waals surface area (Å²) in [7, 11) is 0. The van der Waals surface area contributed by atoms with Crippen LogP contribution in [0.3, 0.4) is 0 Å². The molecule has 0 bridgehead atoms.